The molecule has 1 aromatic heterocycles. The summed E-state index contributed by atoms with van der Waals surface area (Å²) in [6, 6.07) is 0. The largest absolute Gasteiger partial charge is 0.361 e. The van der Waals surface area contributed by atoms with Gasteiger partial charge in [-0.05, 0) is 60.8 Å². The van der Waals surface area contributed by atoms with E-state index < -0.39 is 113 Å². The quantitative estimate of drug-likeness (QED) is 0.0763. The molecule has 0 bridgehead atoms. The van der Waals surface area contributed by atoms with Crippen LogP contribution in [0.3, 0.4) is 0 Å². The fraction of sp³-hybridized carbons (Fsp3) is 0.710. The molecule has 6 aliphatic heterocycles. The van der Waals surface area contributed by atoms with Crippen LogP contribution >= 0.6 is 20.2 Å². The number of nitrogens with zero attached hydrogens (tertiary/aromatic N) is 4. The summed E-state index contributed by atoms with van der Waals surface area (Å²) in [5, 5.41) is 31.7. The number of carbonyl (C=O) groups excluding carboxylic acids is 2. The Balaban J connectivity index is 1.04. The van der Waals surface area contributed by atoms with Gasteiger partial charge in [-0.2, -0.15) is 0 Å². The van der Waals surface area contributed by atoms with Gasteiger partial charge in [0.15, 0.2) is 18.3 Å². The molecule has 16 atom stereocenters. The topological polar surface area (TPSA) is 343 Å². The molecular formula is C31H51N10O16P3S3. The summed E-state index contributed by atoms with van der Waals surface area (Å²) in [6.45, 7) is -9.49. The van der Waals surface area contributed by atoms with Gasteiger partial charge in [-0.1, -0.05) is 6.92 Å². The molecule has 3 fully saturated rings. The van der Waals surface area contributed by atoms with Gasteiger partial charge in [-0.3, -0.25) is 25.2 Å². The average molecular weight is 1010 g/mol. The van der Waals surface area contributed by atoms with Gasteiger partial charge in [-0.15, -0.1) is 0 Å². The van der Waals surface area contributed by atoms with Gasteiger partial charge in [0.05, 0.1) is 50.6 Å². The number of imidazole rings is 1. The van der Waals surface area contributed by atoms with E-state index in [0.717, 1.165) is 0 Å². The van der Waals surface area contributed by atoms with Crippen molar-refractivity contribution in [2.75, 3.05) is 32.2 Å². The number of ether oxygens (including phenoxy) is 3. The fourth-order valence-corrected chi connectivity index (χ4v) is 11.1. The molecule has 0 radical (unpaired) electrons. The van der Waals surface area contributed by atoms with E-state index in [-0.39, 0.29) is 43.5 Å². The number of nitrogens with two attached hydrogens (primary N) is 2. The van der Waals surface area contributed by atoms with Gasteiger partial charge in [-0.25, -0.2) is 4.98 Å². The maximum atomic E-state index is 12.6. The Labute approximate surface area is 376 Å². The molecule has 0 aliphatic carbocycles. The van der Waals surface area contributed by atoms with Crippen molar-refractivity contribution in [3.63, 3.8) is 0 Å². The van der Waals surface area contributed by atoms with E-state index >= 15 is 0 Å². The van der Waals surface area contributed by atoms with Crippen molar-refractivity contribution >= 4 is 73.2 Å². The summed E-state index contributed by atoms with van der Waals surface area (Å²) < 4.78 is 54.0. The molecule has 32 heteroatoms. The van der Waals surface area contributed by atoms with Crippen LogP contribution in [-0.4, -0.2) is 151 Å². The Bertz CT molecular complexity index is 2080. The number of rotatable bonds is 17. The molecule has 7 unspecified atom stereocenters. The number of fused-ring (bicyclic) bond motifs is 1. The van der Waals surface area contributed by atoms with E-state index in [0.29, 0.717) is 12.0 Å². The van der Waals surface area contributed by atoms with Crippen molar-refractivity contribution in [1.82, 2.24) is 35.3 Å². The summed E-state index contributed by atoms with van der Waals surface area (Å²) in [7, 11) is 1.18. The lowest BCUT2D eigenvalue weighted by atomic mass is 10.0. The fourth-order valence-electron chi connectivity index (χ4n) is 7.51. The van der Waals surface area contributed by atoms with E-state index in [9.17, 15) is 34.5 Å². The molecule has 3 saturated heterocycles. The van der Waals surface area contributed by atoms with Crippen LogP contribution in [0.5, 0.6) is 0 Å². The zero-order valence-corrected chi connectivity index (χ0v) is 38.9. The van der Waals surface area contributed by atoms with E-state index in [4.69, 9.17) is 88.2 Å². The molecule has 6 aliphatic rings. The van der Waals surface area contributed by atoms with Crippen molar-refractivity contribution in [2.24, 2.45) is 17.4 Å². The van der Waals surface area contributed by atoms with Crippen LogP contribution in [0.2, 0.25) is 0 Å². The Hall–Kier alpha value is -1.70. The SMILES string of the molecule is COP(O)(=S)OC[C@H]1O[C@@H](N2C=CC(N)NC2O)C[C@H]1OP(O)(=S)OC[C@H]1O[C@@H](n2cnc3c2NC(N)NC3=O)C[C@H]1OP(O)(=S)OC[C@H]1O[C@@H](N2C=C(C)C(=O)NC2O)C[C@H]1C. The van der Waals surface area contributed by atoms with Crippen molar-refractivity contribution in [3.05, 3.63) is 36.1 Å². The smallest absolute Gasteiger partial charge is 0.324 e. The Morgan fingerprint density at radius 2 is 1.38 bits per heavy atom. The van der Waals surface area contributed by atoms with Gasteiger partial charge in [0, 0.05) is 37.9 Å². The van der Waals surface area contributed by atoms with Crippen molar-refractivity contribution in [3.8, 4) is 0 Å². The lowest BCUT2D eigenvalue weighted by molar-refractivity contribution is -0.142. The predicted molar refractivity (Wildman–Crippen MR) is 228 cm³/mol. The third-order valence-electron chi connectivity index (χ3n) is 10.8. The minimum atomic E-state index is -4.21. The molecule has 0 aromatic carbocycles. The van der Waals surface area contributed by atoms with E-state index in [1.807, 2.05) is 6.92 Å². The normalized spacial score (nSPS) is 37.4. The van der Waals surface area contributed by atoms with Gasteiger partial charge >= 0.3 is 20.2 Å². The third kappa shape index (κ3) is 11.9. The van der Waals surface area contributed by atoms with Gasteiger partial charge in [0.2, 0.25) is 6.35 Å². The third-order valence-corrected chi connectivity index (χ3v) is 15.6. The van der Waals surface area contributed by atoms with Crippen LogP contribution in [0.15, 0.2) is 30.4 Å². The van der Waals surface area contributed by atoms with Crippen LogP contribution in [0.25, 0.3) is 0 Å². The number of anilines is 1. The highest BCUT2D eigenvalue weighted by Gasteiger charge is 2.47. The molecule has 2 amide bonds. The number of aliphatic hydroxyl groups excluding tert-OH is 2. The van der Waals surface area contributed by atoms with Crippen LogP contribution in [0, 0.1) is 5.92 Å². The zero-order chi connectivity index (χ0) is 45.6. The van der Waals surface area contributed by atoms with Crippen LogP contribution in [-0.2, 0) is 81.6 Å². The molecule has 1 aromatic rings. The molecule has 7 heterocycles. The highest BCUT2D eigenvalue weighted by Crippen LogP contribution is 2.53. The van der Waals surface area contributed by atoms with E-state index in [1.165, 1.54) is 40.2 Å². The number of aliphatic hydroxyl groups is 2. The Kier molecular flexibility index (Phi) is 15.5. The Morgan fingerprint density at radius 1 is 0.810 bits per heavy atom. The van der Waals surface area contributed by atoms with Crippen LogP contribution in [0.1, 0.15) is 49.8 Å². The molecule has 63 heavy (non-hydrogen) atoms. The zero-order valence-electron chi connectivity index (χ0n) is 33.8. The molecular weight excluding hydrogens is 958 g/mol. The standard InChI is InChI=1S/C31H51N10O16P3S3/c1-14-6-22(40-9-15(2)27(42)38-31(40)45)53-18(14)10-51-59(47,62)57-17-8-24(41-13-34-25-26(41)36-29(33)37-28(25)43)55-20(17)12-52-60(48,63)56-16-7-23(39-5-4-21(32)35-30(39)44)54-19(16)11-50-58(46,61)49-3/h4-5,9,13-14,16-24,29-31,35-36,44-45H,6-8,10-12,32-33H2,1-3H3,(H,37,43)(H,38,42)(H,46,61)(H,47,62)(H,48,63)/t14-,16-,17-,18-,19-,20-,21?,22-,23-,24-,29?,30?,31?,58?,59?,60?/m1/s1. The number of aromatic nitrogens is 2. The second kappa shape index (κ2) is 19.9. The highest BCUT2D eigenvalue weighted by atomic mass is 32.5. The van der Waals surface area contributed by atoms with Crippen LogP contribution < -0.4 is 32.7 Å². The molecule has 26 nitrogen and oxygen atoms in total. The van der Waals surface area contributed by atoms with Crippen molar-refractivity contribution in [2.45, 2.75) is 107 Å². The summed E-state index contributed by atoms with van der Waals surface area (Å²) in [6.07, 6.45) is -4.91. The monoisotopic (exact) mass is 1010 g/mol. The van der Waals surface area contributed by atoms with E-state index in [2.05, 4.69) is 26.3 Å². The number of amides is 2. The predicted octanol–water partition coefficient (Wildman–Crippen LogP) is -1.86. The number of nitrogens with one attached hydrogen (secondary N) is 4. The number of hydrogen-bond donors (Lipinski definition) is 11. The first-order valence-electron chi connectivity index (χ1n) is 19.4. The summed E-state index contributed by atoms with van der Waals surface area (Å²) >= 11 is 15.9. The Morgan fingerprint density at radius 3 is 2.02 bits per heavy atom. The van der Waals surface area contributed by atoms with Gasteiger partial charge < -0.3 is 97.7 Å². The lowest BCUT2D eigenvalue weighted by Crippen LogP contribution is -2.56. The molecule has 7 rings (SSSR count). The highest BCUT2D eigenvalue weighted by molar-refractivity contribution is 8.07. The van der Waals surface area contributed by atoms with E-state index in [1.54, 1.807) is 13.0 Å². The van der Waals surface area contributed by atoms with Crippen molar-refractivity contribution < 1.29 is 75.8 Å². The summed E-state index contributed by atoms with van der Waals surface area (Å²) in [5.74, 6) is -0.820. The van der Waals surface area contributed by atoms with Crippen LogP contribution in [0.4, 0.5) is 5.82 Å². The first-order valence-corrected chi connectivity index (χ1v) is 27.2. The molecule has 13 N–H and O–H groups in total. The molecule has 0 spiro atoms. The first-order chi connectivity index (χ1) is 29.6. The molecule has 0 saturated carbocycles. The minimum absolute atomic E-state index is 0.0109. The second-order valence-electron chi connectivity index (χ2n) is 15.2. The number of carbonyl (C=O) groups is 2. The summed E-state index contributed by atoms with van der Waals surface area (Å²) in [5.41, 5.74) is 12.2. The number of hydrogen-bond acceptors (Lipinski definition) is 23. The average Bonchev–Trinajstić information content (AvgIpc) is 3.99. The second-order valence-corrected chi connectivity index (χ2v) is 23.8. The van der Waals surface area contributed by atoms with Gasteiger partial charge in [0.1, 0.15) is 36.7 Å². The lowest BCUT2D eigenvalue weighted by Gasteiger charge is -2.36. The molecule has 354 valence electrons. The maximum Gasteiger partial charge on any atom is 0.324 e. The first kappa shape index (κ1) is 49.2. The maximum absolute atomic E-state index is 12.6. The van der Waals surface area contributed by atoms with Crippen molar-refractivity contribution in [1.29, 1.82) is 0 Å². The minimum Gasteiger partial charge on any atom is -0.361 e. The summed E-state index contributed by atoms with van der Waals surface area (Å²) in [4.78, 5) is 64.8. The van der Waals surface area contributed by atoms with Gasteiger partial charge in [0.25, 0.3) is 11.8 Å².